The normalized spacial score (nSPS) is 16.7. The molecule has 1 nitrogen and oxygen atoms in total. The van der Waals surface area contributed by atoms with Crippen LogP contribution in [-0.4, -0.2) is 0 Å². The molecule has 0 aromatic heterocycles. The van der Waals surface area contributed by atoms with Crippen molar-refractivity contribution in [3.63, 3.8) is 0 Å². The lowest BCUT2D eigenvalue weighted by atomic mass is 9.65. The first kappa shape index (κ1) is 35.2. The van der Waals surface area contributed by atoms with Crippen LogP contribution in [-0.2, 0) is 10.8 Å². The summed E-state index contributed by atoms with van der Waals surface area (Å²) in [5.41, 5.74) is 21.5. The van der Waals surface area contributed by atoms with Gasteiger partial charge in [0.15, 0.2) is 0 Å². The van der Waals surface area contributed by atoms with Gasteiger partial charge in [-0.15, -0.1) is 0 Å². The highest BCUT2D eigenvalue weighted by Gasteiger charge is 2.47. The van der Waals surface area contributed by atoms with Crippen LogP contribution in [0.25, 0.3) is 44.5 Å². The average molecular weight is 756 g/mol. The van der Waals surface area contributed by atoms with Crippen LogP contribution in [0.3, 0.4) is 0 Å². The van der Waals surface area contributed by atoms with E-state index in [0.29, 0.717) is 0 Å². The molecular weight excluding hydrogens is 711 g/mol. The van der Waals surface area contributed by atoms with E-state index in [4.69, 9.17) is 0 Å². The summed E-state index contributed by atoms with van der Waals surface area (Å²) >= 11 is 0. The van der Waals surface area contributed by atoms with Crippen molar-refractivity contribution in [1.29, 1.82) is 0 Å². The maximum atomic E-state index is 2.44. The number of fused-ring (bicyclic) bond motifs is 6. The van der Waals surface area contributed by atoms with Crippen molar-refractivity contribution < 1.29 is 0 Å². The van der Waals surface area contributed by atoms with Gasteiger partial charge in [-0.2, -0.15) is 0 Å². The molecule has 0 spiro atoms. The fourth-order valence-corrected chi connectivity index (χ4v) is 10.4. The van der Waals surface area contributed by atoms with Crippen LogP contribution in [0.5, 0.6) is 0 Å². The molecule has 8 aromatic rings. The van der Waals surface area contributed by atoms with Gasteiger partial charge in [-0.05, 0) is 128 Å². The van der Waals surface area contributed by atoms with Crippen LogP contribution >= 0.6 is 0 Å². The Balaban J connectivity index is 1.01. The zero-order valence-corrected chi connectivity index (χ0v) is 33.6. The smallest absolute Gasteiger partial charge is 0.0676 e. The zero-order valence-electron chi connectivity index (χ0n) is 33.6. The van der Waals surface area contributed by atoms with Gasteiger partial charge in [-0.25, -0.2) is 0 Å². The Bertz CT molecular complexity index is 2930. The number of rotatable bonds is 7. The van der Waals surface area contributed by atoms with Crippen molar-refractivity contribution in [2.45, 2.75) is 37.5 Å². The molecule has 0 aliphatic heterocycles. The molecule has 0 heterocycles. The minimum atomic E-state index is -0.317. The van der Waals surface area contributed by atoms with Crippen LogP contribution in [0, 0.1) is 0 Å². The van der Waals surface area contributed by atoms with E-state index in [-0.39, 0.29) is 10.8 Å². The summed E-state index contributed by atoms with van der Waals surface area (Å²) < 4.78 is 0. The second-order valence-electron chi connectivity index (χ2n) is 16.8. The van der Waals surface area contributed by atoms with Crippen LogP contribution in [0.4, 0.5) is 17.1 Å². The minimum absolute atomic E-state index is 0.0941. The molecule has 0 N–H and O–H groups in total. The van der Waals surface area contributed by atoms with Crippen LogP contribution in [0.1, 0.15) is 54.5 Å². The highest BCUT2D eigenvalue weighted by molar-refractivity contribution is 5.90. The fourth-order valence-electron chi connectivity index (χ4n) is 10.4. The summed E-state index contributed by atoms with van der Waals surface area (Å²) in [6, 6.07) is 72.2. The number of allylic oxidation sites excluding steroid dienone is 4. The molecule has 0 radical (unpaired) electrons. The van der Waals surface area contributed by atoms with E-state index in [1.54, 1.807) is 0 Å². The molecule has 1 heteroatoms. The molecule has 0 bridgehead atoms. The molecule has 1 atom stereocenters. The van der Waals surface area contributed by atoms with Crippen molar-refractivity contribution in [2.75, 3.05) is 4.90 Å². The highest BCUT2D eigenvalue weighted by Crippen LogP contribution is 2.58. The van der Waals surface area contributed by atoms with Gasteiger partial charge < -0.3 is 4.90 Å². The lowest BCUT2D eigenvalue weighted by Gasteiger charge is -2.36. The summed E-state index contributed by atoms with van der Waals surface area (Å²) in [7, 11) is 0. The van der Waals surface area contributed by atoms with E-state index in [1.165, 1.54) is 77.9 Å². The Labute approximate surface area is 348 Å². The Kier molecular flexibility index (Phi) is 8.27. The summed E-state index contributed by atoms with van der Waals surface area (Å²) in [6.45, 7) is 4.72. The third-order valence-electron chi connectivity index (χ3n) is 13.3. The molecule has 0 saturated heterocycles. The van der Waals surface area contributed by atoms with Crippen LogP contribution in [0.2, 0.25) is 0 Å². The quantitative estimate of drug-likeness (QED) is 0.157. The van der Waals surface area contributed by atoms with E-state index >= 15 is 0 Å². The molecular formula is C58H45N. The lowest BCUT2D eigenvalue weighted by Crippen LogP contribution is -2.30. The predicted octanol–water partition coefficient (Wildman–Crippen LogP) is 15.4. The third kappa shape index (κ3) is 5.53. The minimum Gasteiger partial charge on any atom is -0.310 e. The molecule has 0 amide bonds. The highest BCUT2D eigenvalue weighted by atomic mass is 15.1. The number of anilines is 3. The molecule has 11 rings (SSSR count). The second-order valence-corrected chi connectivity index (χ2v) is 16.8. The van der Waals surface area contributed by atoms with Crippen molar-refractivity contribution in [2.24, 2.45) is 0 Å². The van der Waals surface area contributed by atoms with Gasteiger partial charge in [0.2, 0.25) is 0 Å². The summed E-state index contributed by atoms with van der Waals surface area (Å²) in [5, 5.41) is 0. The summed E-state index contributed by atoms with van der Waals surface area (Å²) in [5.74, 6) is 0. The van der Waals surface area contributed by atoms with E-state index in [0.717, 1.165) is 29.9 Å². The molecule has 8 aromatic carbocycles. The van der Waals surface area contributed by atoms with Gasteiger partial charge in [0.1, 0.15) is 0 Å². The first-order chi connectivity index (χ1) is 29.0. The zero-order chi connectivity index (χ0) is 39.6. The molecule has 0 fully saturated rings. The summed E-state index contributed by atoms with van der Waals surface area (Å²) in [4.78, 5) is 2.41. The number of hydrogen-bond acceptors (Lipinski definition) is 1. The monoisotopic (exact) mass is 755 g/mol. The van der Waals surface area contributed by atoms with Gasteiger partial charge in [-0.1, -0.05) is 189 Å². The van der Waals surface area contributed by atoms with E-state index in [2.05, 4.69) is 231 Å². The van der Waals surface area contributed by atoms with Crippen LogP contribution < -0.4 is 4.90 Å². The van der Waals surface area contributed by atoms with Crippen molar-refractivity contribution in [1.82, 2.24) is 0 Å². The average Bonchev–Trinajstić information content (AvgIpc) is 3.73. The Hall–Kier alpha value is -6.96. The maximum absolute atomic E-state index is 2.44. The maximum Gasteiger partial charge on any atom is 0.0676 e. The Morgan fingerprint density at radius 1 is 0.407 bits per heavy atom. The van der Waals surface area contributed by atoms with Gasteiger partial charge in [0.25, 0.3) is 0 Å². The van der Waals surface area contributed by atoms with Gasteiger partial charge >= 0.3 is 0 Å². The van der Waals surface area contributed by atoms with E-state index in [9.17, 15) is 0 Å². The molecule has 3 aliphatic rings. The largest absolute Gasteiger partial charge is 0.310 e. The lowest BCUT2D eigenvalue weighted by molar-refractivity contribution is 0.660. The van der Waals surface area contributed by atoms with Gasteiger partial charge in [0, 0.05) is 22.5 Å². The topological polar surface area (TPSA) is 3.24 Å². The summed E-state index contributed by atoms with van der Waals surface area (Å²) in [6.07, 6.45) is 9.03. The van der Waals surface area contributed by atoms with Gasteiger partial charge in [-0.3, -0.25) is 0 Å². The first-order valence-electron chi connectivity index (χ1n) is 21.0. The van der Waals surface area contributed by atoms with E-state index in [1.807, 2.05) is 0 Å². The number of hydrogen-bond donors (Lipinski definition) is 0. The number of benzene rings is 8. The SMILES string of the molecule is CC1(C)c2ccccc2-c2ccc(N(c3ccc(-c4ccccc4)cc3)c3ccc(-c4ccc5c(c4)-c4ccccc4C5(C4=CC=CCC4)c4ccccc4)cc3)cc21. The standard InChI is InChI=1S/C58H45N/c1-57(2)53-24-14-12-22-49(53)51-36-35-48(39-56(51)57)59(46-31-26-41(27-32-46)40-16-6-3-7-17-40)47-33-28-42(29-34-47)43-30-37-55-52(38-43)50-23-13-15-25-54(50)58(55,44-18-8-4-9-19-44)45-20-10-5-11-21-45/h3-10,12-20,22-39H,11,21H2,1-2H3. The van der Waals surface area contributed by atoms with E-state index < -0.39 is 0 Å². The Morgan fingerprint density at radius 2 is 0.932 bits per heavy atom. The molecule has 0 saturated carbocycles. The second kappa shape index (κ2) is 13.9. The predicted molar refractivity (Wildman–Crippen MR) is 248 cm³/mol. The number of nitrogens with zero attached hydrogens (tertiary/aromatic N) is 1. The van der Waals surface area contributed by atoms with Crippen LogP contribution in [0.15, 0.2) is 218 Å². The Morgan fingerprint density at radius 3 is 1.61 bits per heavy atom. The molecule has 3 aliphatic carbocycles. The first-order valence-corrected chi connectivity index (χ1v) is 21.0. The molecule has 59 heavy (non-hydrogen) atoms. The third-order valence-corrected chi connectivity index (χ3v) is 13.3. The van der Waals surface area contributed by atoms with Gasteiger partial charge in [0.05, 0.1) is 5.41 Å². The molecule has 1 unspecified atom stereocenters. The van der Waals surface area contributed by atoms with Crippen molar-refractivity contribution in [3.8, 4) is 44.5 Å². The fraction of sp³-hybridized carbons (Fsp3) is 0.103. The van der Waals surface area contributed by atoms with Crippen molar-refractivity contribution in [3.05, 3.63) is 246 Å². The molecule has 282 valence electrons. The van der Waals surface area contributed by atoms with Crippen molar-refractivity contribution >= 4 is 17.1 Å².